The average Bonchev–Trinajstić information content (AvgIpc) is 2.77. The third kappa shape index (κ3) is 1.90. The summed E-state index contributed by atoms with van der Waals surface area (Å²) in [4.78, 5) is 10.2. The van der Waals surface area contributed by atoms with Crippen LogP contribution in [0.3, 0.4) is 0 Å². The van der Waals surface area contributed by atoms with E-state index in [9.17, 15) is 10.1 Å². The maximum absolute atomic E-state index is 10.6. The van der Waals surface area contributed by atoms with E-state index in [0.29, 0.717) is 16.9 Å². The highest BCUT2D eigenvalue weighted by Crippen LogP contribution is 2.27. The van der Waals surface area contributed by atoms with Gasteiger partial charge >= 0.3 is 0 Å². The van der Waals surface area contributed by atoms with Crippen molar-refractivity contribution < 1.29 is 9.45 Å². The van der Waals surface area contributed by atoms with Crippen molar-refractivity contribution in [3.05, 3.63) is 46.1 Å². The summed E-state index contributed by atoms with van der Waals surface area (Å²) < 4.78 is 5.02. The minimum Gasteiger partial charge on any atom is -0.356 e. The fourth-order valence-electron chi connectivity index (χ4n) is 1.35. The maximum Gasteiger partial charge on any atom is 0.270 e. The van der Waals surface area contributed by atoms with Gasteiger partial charge in [0, 0.05) is 23.3 Å². The van der Waals surface area contributed by atoms with Crippen LogP contribution in [0, 0.1) is 10.1 Å². The van der Waals surface area contributed by atoms with Crippen LogP contribution in [0.15, 0.2) is 35.0 Å². The number of nitro groups is 1. The van der Waals surface area contributed by atoms with Crippen molar-refractivity contribution in [1.82, 2.24) is 5.16 Å². The number of benzene rings is 1. The molecule has 2 aromatic rings. The number of rotatable bonds is 3. The van der Waals surface area contributed by atoms with E-state index in [1.165, 1.54) is 18.3 Å². The first-order valence-corrected chi connectivity index (χ1v) is 5.00. The molecule has 5 nitrogen and oxygen atoms in total. The summed E-state index contributed by atoms with van der Waals surface area (Å²) in [5.41, 5.74) is 1.32. The van der Waals surface area contributed by atoms with Crippen molar-refractivity contribution in [2.75, 3.05) is 0 Å². The highest BCUT2D eigenvalue weighted by Gasteiger charge is 2.13. The summed E-state index contributed by atoms with van der Waals surface area (Å²) in [5, 5.41) is 14.2. The molecule has 0 radical (unpaired) electrons. The topological polar surface area (TPSA) is 69.2 Å². The van der Waals surface area contributed by atoms with Crippen molar-refractivity contribution in [1.29, 1.82) is 0 Å². The smallest absolute Gasteiger partial charge is 0.270 e. The van der Waals surface area contributed by atoms with E-state index in [2.05, 4.69) is 5.16 Å². The van der Waals surface area contributed by atoms with Crippen LogP contribution in [-0.4, -0.2) is 10.1 Å². The van der Waals surface area contributed by atoms with Crippen LogP contribution < -0.4 is 0 Å². The summed E-state index contributed by atoms with van der Waals surface area (Å²) in [5.74, 6) is 0.723. The molecule has 0 fully saturated rings. The Morgan fingerprint density at radius 1 is 1.50 bits per heavy atom. The van der Waals surface area contributed by atoms with Crippen LogP contribution in [-0.2, 0) is 5.88 Å². The molecule has 0 atom stereocenters. The monoisotopic (exact) mass is 238 g/mol. The molecule has 16 heavy (non-hydrogen) atoms. The molecular formula is C10H7ClN2O3. The number of nitro benzene ring substituents is 1. The Morgan fingerprint density at radius 3 is 3.00 bits per heavy atom. The first-order valence-electron chi connectivity index (χ1n) is 4.46. The van der Waals surface area contributed by atoms with Gasteiger partial charge in [-0.15, -0.1) is 11.6 Å². The summed E-state index contributed by atoms with van der Waals surface area (Å²) in [6, 6.07) is 6.15. The average molecular weight is 239 g/mol. The van der Waals surface area contributed by atoms with Crippen LogP contribution in [0.5, 0.6) is 0 Å². The Morgan fingerprint density at radius 2 is 2.31 bits per heavy atom. The van der Waals surface area contributed by atoms with Gasteiger partial charge in [-0.3, -0.25) is 10.1 Å². The Labute approximate surface area is 95.8 Å². The summed E-state index contributed by atoms with van der Waals surface area (Å²) in [6.07, 6.45) is 1.50. The molecule has 1 aromatic carbocycles. The van der Waals surface area contributed by atoms with Gasteiger partial charge in [-0.05, 0) is 0 Å². The molecule has 6 heteroatoms. The Hall–Kier alpha value is -1.88. The second kappa shape index (κ2) is 4.32. The fourth-order valence-corrected chi connectivity index (χ4v) is 1.54. The van der Waals surface area contributed by atoms with E-state index in [-0.39, 0.29) is 11.6 Å². The van der Waals surface area contributed by atoms with Crippen LogP contribution in [0.1, 0.15) is 5.56 Å². The van der Waals surface area contributed by atoms with Gasteiger partial charge in [-0.2, -0.15) is 0 Å². The molecule has 0 saturated carbocycles. The van der Waals surface area contributed by atoms with Crippen molar-refractivity contribution in [2.45, 2.75) is 5.88 Å². The normalized spacial score (nSPS) is 10.3. The van der Waals surface area contributed by atoms with Gasteiger partial charge in [0.25, 0.3) is 5.69 Å². The Bertz CT molecular complexity index is 524. The Kier molecular flexibility index (Phi) is 2.87. The van der Waals surface area contributed by atoms with Crippen molar-refractivity contribution in [2.24, 2.45) is 0 Å². The number of aromatic nitrogens is 1. The minimum absolute atomic E-state index is 0.00872. The molecule has 0 aliphatic carbocycles. The van der Waals surface area contributed by atoms with E-state index in [1.807, 2.05) is 0 Å². The van der Waals surface area contributed by atoms with Gasteiger partial charge in [0.2, 0.25) is 0 Å². The third-order valence-electron chi connectivity index (χ3n) is 2.11. The van der Waals surface area contributed by atoms with Gasteiger partial charge in [0.1, 0.15) is 0 Å². The van der Waals surface area contributed by atoms with Gasteiger partial charge in [-0.1, -0.05) is 17.3 Å². The molecule has 0 aliphatic heterocycles. The van der Waals surface area contributed by atoms with Gasteiger partial charge < -0.3 is 4.52 Å². The SMILES string of the molecule is O=[N+]([O-])c1cccc(-c2oncc2CCl)c1. The lowest BCUT2D eigenvalue weighted by molar-refractivity contribution is -0.384. The number of non-ortho nitro benzene ring substituents is 1. The molecular weight excluding hydrogens is 232 g/mol. The molecule has 0 saturated heterocycles. The van der Waals surface area contributed by atoms with Crippen LogP contribution >= 0.6 is 11.6 Å². The Balaban J connectivity index is 2.48. The molecule has 0 unspecified atom stereocenters. The highest BCUT2D eigenvalue weighted by molar-refractivity contribution is 6.17. The van der Waals surface area contributed by atoms with E-state index >= 15 is 0 Å². The van der Waals surface area contributed by atoms with Crippen LogP contribution in [0.25, 0.3) is 11.3 Å². The lowest BCUT2D eigenvalue weighted by atomic mass is 10.1. The molecule has 0 spiro atoms. The summed E-state index contributed by atoms with van der Waals surface area (Å²) in [7, 11) is 0. The number of halogens is 1. The second-order valence-corrected chi connectivity index (χ2v) is 3.39. The lowest BCUT2D eigenvalue weighted by Crippen LogP contribution is -1.88. The molecule has 1 heterocycles. The largest absolute Gasteiger partial charge is 0.356 e. The quantitative estimate of drug-likeness (QED) is 0.468. The fraction of sp³-hybridized carbons (Fsp3) is 0.100. The lowest BCUT2D eigenvalue weighted by Gasteiger charge is -1.98. The molecule has 1 aromatic heterocycles. The number of alkyl halides is 1. The molecule has 82 valence electrons. The maximum atomic E-state index is 10.6. The predicted molar refractivity (Wildman–Crippen MR) is 58.2 cm³/mol. The number of hydrogen-bond donors (Lipinski definition) is 0. The van der Waals surface area contributed by atoms with Gasteiger partial charge in [-0.25, -0.2) is 0 Å². The number of hydrogen-bond acceptors (Lipinski definition) is 4. The van der Waals surface area contributed by atoms with E-state index in [0.717, 1.165) is 0 Å². The first-order chi connectivity index (χ1) is 7.72. The molecule has 0 amide bonds. The van der Waals surface area contributed by atoms with Gasteiger partial charge in [0.05, 0.1) is 17.0 Å². The molecule has 0 aliphatic rings. The van der Waals surface area contributed by atoms with Gasteiger partial charge in [0.15, 0.2) is 5.76 Å². The second-order valence-electron chi connectivity index (χ2n) is 3.12. The number of nitrogens with zero attached hydrogens (tertiary/aromatic N) is 2. The zero-order valence-corrected chi connectivity index (χ0v) is 8.85. The van der Waals surface area contributed by atoms with E-state index in [4.69, 9.17) is 16.1 Å². The zero-order valence-electron chi connectivity index (χ0n) is 8.09. The summed E-state index contributed by atoms with van der Waals surface area (Å²) >= 11 is 5.69. The zero-order chi connectivity index (χ0) is 11.5. The van der Waals surface area contributed by atoms with E-state index < -0.39 is 4.92 Å². The van der Waals surface area contributed by atoms with E-state index in [1.54, 1.807) is 12.1 Å². The van der Waals surface area contributed by atoms with Crippen molar-refractivity contribution in [3.8, 4) is 11.3 Å². The van der Waals surface area contributed by atoms with Crippen molar-refractivity contribution >= 4 is 17.3 Å². The van der Waals surface area contributed by atoms with Crippen LogP contribution in [0.2, 0.25) is 0 Å². The van der Waals surface area contributed by atoms with Crippen LogP contribution in [0.4, 0.5) is 5.69 Å². The predicted octanol–water partition coefficient (Wildman–Crippen LogP) is 2.99. The first kappa shape index (κ1) is 10.6. The van der Waals surface area contributed by atoms with Crippen molar-refractivity contribution in [3.63, 3.8) is 0 Å². The molecule has 0 bridgehead atoms. The highest BCUT2D eigenvalue weighted by atomic mass is 35.5. The standard InChI is InChI=1S/C10H7ClN2O3/c11-5-8-6-12-16-10(8)7-2-1-3-9(4-7)13(14)15/h1-4,6H,5H2. The molecule has 0 N–H and O–H groups in total. The third-order valence-corrected chi connectivity index (χ3v) is 2.40. The minimum atomic E-state index is -0.458. The summed E-state index contributed by atoms with van der Waals surface area (Å²) in [6.45, 7) is 0. The molecule has 2 rings (SSSR count).